The Hall–Kier alpha value is -0.910. The van der Waals surface area contributed by atoms with Crippen LogP contribution < -0.4 is 5.32 Å². The van der Waals surface area contributed by atoms with E-state index in [1.165, 1.54) is 5.56 Å². The number of benzene rings is 1. The number of rotatable bonds is 7. The van der Waals surface area contributed by atoms with Gasteiger partial charge in [-0.1, -0.05) is 26.0 Å². The van der Waals surface area contributed by atoms with E-state index < -0.39 is 0 Å². The second kappa shape index (κ2) is 8.51. The Bertz CT molecular complexity index is 567. The van der Waals surface area contributed by atoms with E-state index in [1.807, 2.05) is 18.2 Å². The summed E-state index contributed by atoms with van der Waals surface area (Å²) in [5, 5.41) is 7.74. The number of thioether (sulfide) groups is 2. The van der Waals surface area contributed by atoms with Gasteiger partial charge in [0.05, 0.1) is 11.4 Å². The summed E-state index contributed by atoms with van der Waals surface area (Å²) in [5.74, 6) is 1.50. The molecule has 1 aromatic heterocycles. The van der Waals surface area contributed by atoms with Gasteiger partial charge in [0.25, 0.3) is 0 Å². The van der Waals surface area contributed by atoms with Crippen molar-refractivity contribution in [3.05, 3.63) is 46.7 Å². The first-order chi connectivity index (χ1) is 10.1. The number of carbonyl (C=O) groups is 1. The van der Waals surface area contributed by atoms with E-state index in [1.54, 1.807) is 34.9 Å². The molecule has 21 heavy (non-hydrogen) atoms. The van der Waals surface area contributed by atoms with Crippen molar-refractivity contribution in [3.8, 4) is 0 Å². The molecule has 112 valence electrons. The predicted molar refractivity (Wildman–Crippen MR) is 96.5 cm³/mol. The Morgan fingerprint density at radius 2 is 2.10 bits per heavy atom. The van der Waals surface area contributed by atoms with E-state index in [0.29, 0.717) is 11.0 Å². The van der Waals surface area contributed by atoms with Crippen molar-refractivity contribution < 1.29 is 4.79 Å². The Morgan fingerprint density at radius 1 is 1.29 bits per heavy atom. The lowest BCUT2D eigenvalue weighted by Crippen LogP contribution is -2.15. The van der Waals surface area contributed by atoms with E-state index >= 15 is 0 Å². The normalized spacial score (nSPS) is 10.8. The van der Waals surface area contributed by atoms with Gasteiger partial charge in [0.15, 0.2) is 0 Å². The molecule has 0 unspecified atom stereocenters. The molecular weight excluding hydrogens is 318 g/mol. The molecule has 2 rings (SSSR count). The fourth-order valence-electron chi connectivity index (χ4n) is 1.66. The van der Waals surface area contributed by atoms with Crippen LogP contribution in [0, 0.1) is 0 Å². The van der Waals surface area contributed by atoms with Crippen LogP contribution in [0.5, 0.6) is 0 Å². The first kappa shape index (κ1) is 16.5. The Balaban J connectivity index is 1.94. The number of hydrogen-bond donors (Lipinski definition) is 1. The summed E-state index contributed by atoms with van der Waals surface area (Å²) in [6, 6.07) is 10.1. The van der Waals surface area contributed by atoms with Crippen molar-refractivity contribution in [1.82, 2.24) is 0 Å². The van der Waals surface area contributed by atoms with Gasteiger partial charge in [-0.2, -0.15) is 11.3 Å². The van der Waals surface area contributed by atoms with E-state index in [9.17, 15) is 4.79 Å². The molecule has 1 heterocycles. The van der Waals surface area contributed by atoms with Crippen molar-refractivity contribution in [2.45, 2.75) is 29.7 Å². The van der Waals surface area contributed by atoms with Crippen molar-refractivity contribution in [2.24, 2.45) is 0 Å². The van der Waals surface area contributed by atoms with E-state index in [4.69, 9.17) is 0 Å². The van der Waals surface area contributed by atoms with Crippen LogP contribution in [0.1, 0.15) is 19.4 Å². The van der Waals surface area contributed by atoms with Crippen molar-refractivity contribution in [2.75, 3.05) is 11.1 Å². The third kappa shape index (κ3) is 5.77. The van der Waals surface area contributed by atoms with Crippen molar-refractivity contribution >= 4 is 46.5 Å². The zero-order chi connectivity index (χ0) is 15.1. The number of amides is 1. The van der Waals surface area contributed by atoms with E-state index in [-0.39, 0.29) is 5.91 Å². The van der Waals surface area contributed by atoms with Crippen LogP contribution in [0.25, 0.3) is 0 Å². The van der Waals surface area contributed by atoms with Crippen LogP contribution in [0.15, 0.2) is 46.0 Å². The third-order valence-electron chi connectivity index (χ3n) is 2.68. The van der Waals surface area contributed by atoms with Gasteiger partial charge in [0.2, 0.25) is 5.91 Å². The van der Waals surface area contributed by atoms with Crippen LogP contribution in [-0.2, 0) is 10.5 Å². The van der Waals surface area contributed by atoms with Gasteiger partial charge in [-0.15, -0.1) is 23.5 Å². The standard InChI is InChI=1S/C16H19NOS3/c1-12(2)20-11-16(18)17-14-5-3-4-6-15(14)21-10-13-7-8-19-9-13/h3-9,12H,10-11H2,1-2H3,(H,17,18). The topological polar surface area (TPSA) is 29.1 Å². The van der Waals surface area contributed by atoms with Crippen LogP contribution in [0.4, 0.5) is 5.69 Å². The van der Waals surface area contributed by atoms with Crippen molar-refractivity contribution in [3.63, 3.8) is 0 Å². The average molecular weight is 338 g/mol. The quantitative estimate of drug-likeness (QED) is 0.711. The third-order valence-corrected chi connectivity index (χ3v) is 5.66. The van der Waals surface area contributed by atoms with Crippen LogP contribution in [0.3, 0.4) is 0 Å². The number of carbonyl (C=O) groups excluding carboxylic acids is 1. The van der Waals surface area contributed by atoms with Crippen LogP contribution in [-0.4, -0.2) is 16.9 Å². The number of thiophene rings is 1. The Morgan fingerprint density at radius 3 is 2.81 bits per heavy atom. The Kier molecular flexibility index (Phi) is 6.67. The fourth-order valence-corrected chi connectivity index (χ4v) is 3.94. The number of anilines is 1. The predicted octanol–water partition coefficient (Wildman–Crippen LogP) is 5.12. The van der Waals surface area contributed by atoms with Gasteiger partial charge in [-0.3, -0.25) is 4.79 Å². The SMILES string of the molecule is CC(C)SCC(=O)Nc1ccccc1SCc1ccsc1. The molecule has 2 aromatic rings. The zero-order valence-corrected chi connectivity index (χ0v) is 14.6. The number of nitrogens with one attached hydrogen (secondary N) is 1. The van der Waals surface area contributed by atoms with Gasteiger partial charge < -0.3 is 5.32 Å². The summed E-state index contributed by atoms with van der Waals surface area (Å²) in [4.78, 5) is 13.1. The molecule has 0 atom stereocenters. The summed E-state index contributed by atoms with van der Waals surface area (Å²) in [6.07, 6.45) is 0. The molecule has 0 aliphatic carbocycles. The molecule has 0 saturated heterocycles. The highest BCUT2D eigenvalue weighted by Crippen LogP contribution is 2.30. The first-order valence-electron chi connectivity index (χ1n) is 6.79. The van der Waals surface area contributed by atoms with Gasteiger partial charge in [-0.05, 0) is 39.8 Å². The molecule has 0 aliphatic rings. The van der Waals surface area contributed by atoms with Crippen LogP contribution >= 0.6 is 34.9 Å². The van der Waals surface area contributed by atoms with Gasteiger partial charge >= 0.3 is 0 Å². The maximum atomic E-state index is 12.0. The molecule has 0 saturated carbocycles. The monoisotopic (exact) mass is 337 g/mol. The lowest BCUT2D eigenvalue weighted by molar-refractivity contribution is -0.113. The zero-order valence-electron chi connectivity index (χ0n) is 12.2. The summed E-state index contributed by atoms with van der Waals surface area (Å²) >= 11 is 5.13. The lowest BCUT2D eigenvalue weighted by Gasteiger charge is -2.11. The number of para-hydroxylation sites is 1. The molecule has 2 nitrogen and oxygen atoms in total. The van der Waals surface area contributed by atoms with Gasteiger partial charge in [-0.25, -0.2) is 0 Å². The number of hydrogen-bond acceptors (Lipinski definition) is 4. The lowest BCUT2D eigenvalue weighted by atomic mass is 10.3. The minimum Gasteiger partial charge on any atom is -0.324 e. The summed E-state index contributed by atoms with van der Waals surface area (Å²) < 4.78 is 0. The maximum Gasteiger partial charge on any atom is 0.234 e. The minimum absolute atomic E-state index is 0.0669. The van der Waals surface area contributed by atoms with Crippen LogP contribution in [0.2, 0.25) is 0 Å². The summed E-state index contributed by atoms with van der Waals surface area (Å²) in [5.41, 5.74) is 2.23. The van der Waals surface area contributed by atoms with Gasteiger partial charge in [0.1, 0.15) is 0 Å². The highest BCUT2D eigenvalue weighted by molar-refractivity contribution is 8.00. The Labute approximate surface area is 138 Å². The summed E-state index contributed by atoms with van der Waals surface area (Å²) in [7, 11) is 0. The maximum absolute atomic E-state index is 12.0. The van der Waals surface area contributed by atoms with E-state index in [2.05, 4.69) is 42.1 Å². The highest BCUT2D eigenvalue weighted by Gasteiger charge is 2.08. The average Bonchev–Trinajstić information content (AvgIpc) is 2.97. The molecule has 5 heteroatoms. The molecular formula is C16H19NOS3. The fraction of sp³-hybridized carbons (Fsp3) is 0.312. The molecule has 0 spiro atoms. The van der Waals surface area contributed by atoms with E-state index in [0.717, 1.165) is 16.3 Å². The summed E-state index contributed by atoms with van der Waals surface area (Å²) in [6.45, 7) is 4.20. The molecule has 0 fully saturated rings. The second-order valence-corrected chi connectivity index (χ2v) is 8.19. The molecule has 0 radical (unpaired) electrons. The second-order valence-electron chi connectivity index (χ2n) is 4.82. The minimum atomic E-state index is 0.0669. The molecule has 0 aliphatic heterocycles. The largest absolute Gasteiger partial charge is 0.324 e. The first-order valence-corrected chi connectivity index (χ1v) is 9.77. The van der Waals surface area contributed by atoms with Crippen molar-refractivity contribution in [1.29, 1.82) is 0 Å². The molecule has 1 N–H and O–H groups in total. The molecule has 1 amide bonds. The molecule has 0 bridgehead atoms. The highest BCUT2D eigenvalue weighted by atomic mass is 32.2. The smallest absolute Gasteiger partial charge is 0.234 e. The van der Waals surface area contributed by atoms with Gasteiger partial charge in [0, 0.05) is 10.6 Å². The molecule has 1 aromatic carbocycles.